The zero-order valence-electron chi connectivity index (χ0n) is 18.0. The largest absolute Gasteiger partial charge is 0.387 e. The van der Waals surface area contributed by atoms with Crippen LogP contribution in [0.25, 0.3) is 21.9 Å². The quantitative estimate of drug-likeness (QED) is 0.515. The molecule has 2 aromatic carbocycles. The third-order valence-electron chi connectivity index (χ3n) is 5.71. The molecule has 6 nitrogen and oxygen atoms in total. The molecule has 0 radical (unpaired) electrons. The van der Waals surface area contributed by atoms with Crippen LogP contribution in [0.1, 0.15) is 12.8 Å². The van der Waals surface area contributed by atoms with E-state index in [-0.39, 0.29) is 0 Å². The van der Waals surface area contributed by atoms with Gasteiger partial charge in [-0.15, -0.1) is 4.31 Å². The summed E-state index contributed by atoms with van der Waals surface area (Å²) in [7, 11) is 0. The van der Waals surface area contributed by atoms with Crippen LogP contribution in [-0.4, -0.2) is 58.6 Å². The molecule has 7 heteroatoms. The minimum atomic E-state index is -0.530. The van der Waals surface area contributed by atoms with Crippen LogP contribution < -0.4 is 10.6 Å². The molecule has 1 fully saturated rings. The van der Waals surface area contributed by atoms with Gasteiger partial charge in [0, 0.05) is 48.3 Å². The van der Waals surface area contributed by atoms with Gasteiger partial charge in [0.05, 0.1) is 11.1 Å². The molecule has 0 spiro atoms. The van der Waals surface area contributed by atoms with E-state index >= 15 is 0 Å². The van der Waals surface area contributed by atoms with Crippen molar-refractivity contribution < 1.29 is 9.90 Å². The molecule has 1 aliphatic heterocycles. The first-order valence-corrected chi connectivity index (χ1v) is 12.5. The SMILES string of the molecule is C[S+](C)N1CCC(Nc2cc(-c3cccc(NC(=O)CO)c3)cc3ccncc23)CC1. The minimum Gasteiger partial charge on any atom is -0.387 e. The monoisotopic (exact) mass is 437 g/mol. The number of fused-ring (bicyclic) bond motifs is 1. The molecule has 4 rings (SSSR count). The highest BCUT2D eigenvalue weighted by molar-refractivity contribution is 7.93. The van der Waals surface area contributed by atoms with E-state index in [1.807, 2.05) is 42.7 Å². The molecule has 3 aromatic rings. The smallest absolute Gasteiger partial charge is 0.250 e. The molecule has 1 aliphatic rings. The molecule has 1 amide bonds. The number of benzene rings is 2. The van der Waals surface area contributed by atoms with Crippen LogP contribution in [0.4, 0.5) is 11.4 Å². The second-order valence-corrected chi connectivity index (χ2v) is 10.1. The van der Waals surface area contributed by atoms with Crippen molar-refractivity contribution in [3.8, 4) is 11.1 Å². The van der Waals surface area contributed by atoms with Crippen molar-refractivity contribution in [1.82, 2.24) is 9.29 Å². The Bertz CT molecular complexity index is 1060. The number of pyridine rings is 1. The number of amides is 1. The average molecular weight is 438 g/mol. The first-order valence-electron chi connectivity index (χ1n) is 10.5. The molecule has 0 bridgehead atoms. The highest BCUT2D eigenvalue weighted by Crippen LogP contribution is 2.33. The van der Waals surface area contributed by atoms with E-state index in [4.69, 9.17) is 5.11 Å². The molecule has 31 heavy (non-hydrogen) atoms. The normalized spacial score (nSPS) is 15.4. The molecule has 162 valence electrons. The van der Waals surface area contributed by atoms with Gasteiger partial charge in [0.1, 0.15) is 19.1 Å². The highest BCUT2D eigenvalue weighted by atomic mass is 32.2. The van der Waals surface area contributed by atoms with E-state index < -0.39 is 12.5 Å². The number of aromatic nitrogens is 1. The molecule has 0 aliphatic carbocycles. The highest BCUT2D eigenvalue weighted by Gasteiger charge is 2.26. The number of aliphatic hydroxyl groups excluding tert-OH is 1. The van der Waals surface area contributed by atoms with Crippen LogP contribution in [0, 0.1) is 0 Å². The Morgan fingerprint density at radius 3 is 2.71 bits per heavy atom. The Morgan fingerprint density at radius 2 is 1.97 bits per heavy atom. The van der Waals surface area contributed by atoms with Crippen molar-refractivity contribution in [3.05, 3.63) is 54.9 Å². The summed E-state index contributed by atoms with van der Waals surface area (Å²) < 4.78 is 2.56. The Balaban J connectivity index is 1.63. The van der Waals surface area contributed by atoms with E-state index in [2.05, 4.69) is 44.6 Å². The van der Waals surface area contributed by atoms with Gasteiger partial charge in [0.25, 0.3) is 0 Å². The van der Waals surface area contributed by atoms with E-state index in [0.717, 1.165) is 53.5 Å². The Kier molecular flexibility index (Phi) is 6.75. The summed E-state index contributed by atoms with van der Waals surface area (Å²) in [5.41, 5.74) is 3.84. The molecule has 1 saturated heterocycles. The van der Waals surface area contributed by atoms with Crippen molar-refractivity contribution in [3.63, 3.8) is 0 Å². The summed E-state index contributed by atoms with van der Waals surface area (Å²) in [5, 5.41) is 17.7. The number of piperidine rings is 1. The summed E-state index contributed by atoms with van der Waals surface area (Å²) in [4.78, 5) is 15.9. The van der Waals surface area contributed by atoms with Gasteiger partial charge in [-0.3, -0.25) is 9.78 Å². The number of hydrogen-bond donors (Lipinski definition) is 3. The van der Waals surface area contributed by atoms with Crippen LogP contribution in [0.15, 0.2) is 54.9 Å². The molecular formula is C24H29N4O2S+. The predicted octanol–water partition coefficient (Wildman–Crippen LogP) is 3.50. The van der Waals surface area contributed by atoms with Gasteiger partial charge in [-0.1, -0.05) is 12.1 Å². The maximum absolute atomic E-state index is 11.6. The predicted molar refractivity (Wildman–Crippen MR) is 130 cm³/mol. The lowest BCUT2D eigenvalue weighted by molar-refractivity contribution is -0.118. The van der Waals surface area contributed by atoms with Crippen LogP contribution in [0.3, 0.4) is 0 Å². The average Bonchev–Trinajstić information content (AvgIpc) is 2.79. The number of nitrogens with zero attached hydrogens (tertiary/aromatic N) is 2. The Hall–Kier alpha value is -2.61. The number of hydrogen-bond acceptors (Lipinski definition) is 5. The number of aliphatic hydroxyl groups is 1. The zero-order chi connectivity index (χ0) is 21.8. The van der Waals surface area contributed by atoms with Crippen LogP contribution in [0.2, 0.25) is 0 Å². The van der Waals surface area contributed by atoms with Crippen molar-refractivity contribution in [1.29, 1.82) is 0 Å². The second kappa shape index (κ2) is 9.68. The summed E-state index contributed by atoms with van der Waals surface area (Å²) >= 11 is 0.328. The minimum absolute atomic E-state index is 0.328. The number of anilines is 2. The standard InChI is InChI=1S/C24H28N4O2S/c1-31(2)28-10-7-20(8-11-28)26-23-14-19(12-18-6-9-25-15-22(18)23)17-4-3-5-21(13-17)27-24(30)16-29/h3-6,9,12-15,20,29H,7-8,10-11,16H2,1-2H3,(H-,25,26,27,30)/p+1. The van der Waals surface area contributed by atoms with Gasteiger partial charge in [0.2, 0.25) is 5.91 Å². The van der Waals surface area contributed by atoms with Crippen molar-refractivity contribution in [2.45, 2.75) is 18.9 Å². The van der Waals surface area contributed by atoms with E-state index in [0.29, 0.717) is 22.8 Å². The zero-order valence-corrected chi connectivity index (χ0v) is 18.8. The number of carbonyl (C=O) groups excluding carboxylic acids is 1. The fourth-order valence-electron chi connectivity index (χ4n) is 4.05. The van der Waals surface area contributed by atoms with E-state index in [9.17, 15) is 4.79 Å². The van der Waals surface area contributed by atoms with E-state index in [1.54, 1.807) is 0 Å². The lowest BCUT2D eigenvalue weighted by Gasteiger charge is -2.30. The Morgan fingerprint density at radius 1 is 1.16 bits per heavy atom. The lowest BCUT2D eigenvalue weighted by atomic mass is 9.99. The van der Waals surface area contributed by atoms with Gasteiger partial charge in [-0.25, -0.2) is 0 Å². The van der Waals surface area contributed by atoms with Crippen molar-refractivity contribution in [2.75, 3.05) is 42.8 Å². The third-order valence-corrected chi connectivity index (χ3v) is 7.11. The third kappa shape index (κ3) is 5.18. The molecule has 0 atom stereocenters. The fourth-order valence-corrected chi connectivity index (χ4v) is 4.99. The van der Waals surface area contributed by atoms with Gasteiger partial charge in [0.15, 0.2) is 0 Å². The van der Waals surface area contributed by atoms with Gasteiger partial charge in [-0.2, -0.15) is 0 Å². The van der Waals surface area contributed by atoms with Crippen LogP contribution in [0.5, 0.6) is 0 Å². The summed E-state index contributed by atoms with van der Waals surface area (Å²) in [6, 6.07) is 14.5. The fraction of sp³-hybridized carbons (Fsp3) is 0.333. The topological polar surface area (TPSA) is 77.5 Å². The van der Waals surface area contributed by atoms with Crippen molar-refractivity contribution in [2.24, 2.45) is 0 Å². The van der Waals surface area contributed by atoms with Gasteiger partial charge in [-0.05, 0) is 59.7 Å². The molecular weight excluding hydrogens is 408 g/mol. The lowest BCUT2D eigenvalue weighted by Crippen LogP contribution is -2.41. The maximum atomic E-state index is 11.6. The van der Waals surface area contributed by atoms with Crippen LogP contribution in [-0.2, 0) is 15.9 Å². The maximum Gasteiger partial charge on any atom is 0.250 e. The molecule has 2 heterocycles. The summed E-state index contributed by atoms with van der Waals surface area (Å²) in [6.07, 6.45) is 10.6. The number of nitrogens with one attached hydrogen (secondary N) is 2. The van der Waals surface area contributed by atoms with E-state index in [1.165, 1.54) is 0 Å². The van der Waals surface area contributed by atoms with Crippen molar-refractivity contribution >= 4 is 39.1 Å². The van der Waals surface area contributed by atoms with Gasteiger partial charge >= 0.3 is 0 Å². The first kappa shape index (κ1) is 21.6. The molecule has 1 aromatic heterocycles. The summed E-state index contributed by atoms with van der Waals surface area (Å²) in [6.45, 7) is 1.71. The number of rotatable bonds is 6. The second-order valence-electron chi connectivity index (χ2n) is 8.03. The summed E-state index contributed by atoms with van der Waals surface area (Å²) in [5.74, 6) is -0.419. The molecule has 0 unspecified atom stereocenters. The van der Waals surface area contributed by atoms with Crippen LogP contribution >= 0.6 is 0 Å². The Labute approximate surface area is 186 Å². The molecule has 3 N–H and O–H groups in total. The number of carbonyl (C=O) groups is 1. The first-order chi connectivity index (χ1) is 15.0. The van der Waals surface area contributed by atoms with Gasteiger partial charge < -0.3 is 15.7 Å². The molecule has 0 saturated carbocycles.